The van der Waals surface area contributed by atoms with Gasteiger partial charge in [-0.3, -0.25) is 9.59 Å². The van der Waals surface area contributed by atoms with E-state index in [1.54, 1.807) is 11.3 Å². The maximum Gasteiger partial charge on any atom is 0.226 e. The van der Waals surface area contributed by atoms with Crippen LogP contribution in [0.1, 0.15) is 34.4 Å². The quantitative estimate of drug-likeness (QED) is 0.639. The number of carbonyl (C=O) groups excluding carboxylic acids is 2. The Morgan fingerprint density at radius 3 is 2.83 bits per heavy atom. The molecule has 0 fully saturated rings. The van der Waals surface area contributed by atoms with Crippen molar-refractivity contribution in [3.05, 3.63) is 56.6 Å². The number of rotatable bonds is 5. The summed E-state index contributed by atoms with van der Waals surface area (Å²) in [6.45, 7) is 5.55. The maximum absolute atomic E-state index is 12.5. The van der Waals surface area contributed by atoms with E-state index in [0.29, 0.717) is 11.7 Å². The SMILES string of the molecule is Cc1ccc(-c2csc(NC(=O)CCC(=O)N3CCc4sccc4C3)n2)cc1C. The molecule has 3 heterocycles. The number of amides is 2. The molecule has 29 heavy (non-hydrogen) atoms. The highest BCUT2D eigenvalue weighted by Gasteiger charge is 2.22. The van der Waals surface area contributed by atoms with Gasteiger partial charge in [0.25, 0.3) is 0 Å². The Morgan fingerprint density at radius 1 is 1.14 bits per heavy atom. The monoisotopic (exact) mass is 425 g/mol. The van der Waals surface area contributed by atoms with E-state index in [2.05, 4.69) is 47.7 Å². The summed E-state index contributed by atoms with van der Waals surface area (Å²) >= 11 is 3.15. The number of nitrogens with zero attached hydrogens (tertiary/aromatic N) is 2. The number of thiophene rings is 1. The van der Waals surface area contributed by atoms with Crippen molar-refractivity contribution in [3.8, 4) is 11.3 Å². The lowest BCUT2D eigenvalue weighted by Crippen LogP contribution is -2.35. The minimum atomic E-state index is -0.174. The van der Waals surface area contributed by atoms with Gasteiger partial charge in [0, 0.05) is 41.8 Å². The first-order valence-corrected chi connectivity index (χ1v) is 11.4. The van der Waals surface area contributed by atoms with Gasteiger partial charge in [-0.05, 0) is 54.5 Å². The molecule has 0 saturated heterocycles. The normalized spacial score (nSPS) is 13.2. The third-order valence-corrected chi connectivity index (χ3v) is 7.06. The van der Waals surface area contributed by atoms with Crippen molar-refractivity contribution in [1.82, 2.24) is 9.88 Å². The van der Waals surface area contributed by atoms with Crippen LogP contribution in [0.25, 0.3) is 11.3 Å². The van der Waals surface area contributed by atoms with Crippen LogP contribution in [0, 0.1) is 13.8 Å². The number of aryl methyl sites for hydroxylation is 2. The maximum atomic E-state index is 12.5. The molecule has 2 aromatic heterocycles. The van der Waals surface area contributed by atoms with Gasteiger partial charge in [0.15, 0.2) is 5.13 Å². The van der Waals surface area contributed by atoms with E-state index < -0.39 is 0 Å². The largest absolute Gasteiger partial charge is 0.338 e. The molecule has 0 bridgehead atoms. The fourth-order valence-corrected chi connectivity index (χ4v) is 5.01. The Morgan fingerprint density at radius 2 is 2.00 bits per heavy atom. The highest BCUT2D eigenvalue weighted by atomic mass is 32.1. The van der Waals surface area contributed by atoms with Crippen molar-refractivity contribution in [2.75, 3.05) is 11.9 Å². The first-order valence-electron chi connectivity index (χ1n) is 9.65. The molecule has 1 aliphatic heterocycles. The number of hydrogen-bond donors (Lipinski definition) is 1. The minimum Gasteiger partial charge on any atom is -0.338 e. The van der Waals surface area contributed by atoms with Gasteiger partial charge in [-0.1, -0.05) is 12.1 Å². The zero-order chi connectivity index (χ0) is 20.4. The Kier molecular flexibility index (Phi) is 5.78. The molecule has 150 valence electrons. The van der Waals surface area contributed by atoms with Gasteiger partial charge in [-0.15, -0.1) is 22.7 Å². The summed E-state index contributed by atoms with van der Waals surface area (Å²) in [6, 6.07) is 8.31. The second-order valence-corrected chi connectivity index (χ2v) is 9.18. The van der Waals surface area contributed by atoms with E-state index in [-0.39, 0.29) is 24.7 Å². The standard InChI is InChI=1S/C22H23N3O2S2/c1-14-3-4-16(11-15(14)2)18-13-29-22(23-18)24-20(26)5-6-21(27)25-9-7-19-17(12-25)8-10-28-19/h3-4,8,10-11,13H,5-7,9,12H2,1-2H3,(H,23,24,26). The van der Waals surface area contributed by atoms with E-state index >= 15 is 0 Å². The smallest absolute Gasteiger partial charge is 0.226 e. The summed E-state index contributed by atoms with van der Waals surface area (Å²) in [7, 11) is 0. The summed E-state index contributed by atoms with van der Waals surface area (Å²) in [5.74, 6) is -0.139. The molecular weight excluding hydrogens is 402 g/mol. The van der Waals surface area contributed by atoms with Gasteiger partial charge in [0.2, 0.25) is 11.8 Å². The Bertz CT molecular complexity index is 1050. The summed E-state index contributed by atoms with van der Waals surface area (Å²) in [4.78, 5) is 32.5. The highest BCUT2D eigenvalue weighted by Crippen LogP contribution is 2.27. The van der Waals surface area contributed by atoms with Gasteiger partial charge in [0.1, 0.15) is 0 Å². The number of benzene rings is 1. The molecule has 0 saturated carbocycles. The molecule has 7 heteroatoms. The zero-order valence-corrected chi connectivity index (χ0v) is 18.2. The van der Waals surface area contributed by atoms with Crippen molar-refractivity contribution in [2.24, 2.45) is 0 Å². The fourth-order valence-electron chi connectivity index (χ4n) is 3.39. The summed E-state index contributed by atoms with van der Waals surface area (Å²) in [6.07, 6.45) is 1.30. The molecule has 0 unspecified atom stereocenters. The molecule has 1 aliphatic rings. The average molecular weight is 426 g/mol. The van der Waals surface area contributed by atoms with Gasteiger partial charge in [0.05, 0.1) is 5.69 Å². The zero-order valence-electron chi connectivity index (χ0n) is 16.5. The van der Waals surface area contributed by atoms with Crippen LogP contribution >= 0.6 is 22.7 Å². The van der Waals surface area contributed by atoms with E-state index in [1.165, 1.54) is 32.9 Å². The Hall–Kier alpha value is -2.51. The van der Waals surface area contributed by atoms with Crippen molar-refractivity contribution < 1.29 is 9.59 Å². The molecule has 0 radical (unpaired) electrons. The molecule has 5 nitrogen and oxygen atoms in total. The number of nitrogens with one attached hydrogen (secondary N) is 1. The van der Waals surface area contributed by atoms with E-state index in [9.17, 15) is 9.59 Å². The molecule has 2 amide bonds. The van der Waals surface area contributed by atoms with Crippen molar-refractivity contribution >= 4 is 39.6 Å². The Balaban J connectivity index is 1.29. The van der Waals surface area contributed by atoms with Crippen LogP contribution in [-0.2, 0) is 22.6 Å². The number of anilines is 1. The molecule has 3 aromatic rings. The first-order chi connectivity index (χ1) is 14.0. The third kappa shape index (κ3) is 4.57. The molecular formula is C22H23N3O2S2. The number of aromatic nitrogens is 1. The second kappa shape index (κ2) is 8.47. The van der Waals surface area contributed by atoms with E-state index in [0.717, 1.165) is 24.2 Å². The average Bonchev–Trinajstić information content (AvgIpc) is 3.37. The summed E-state index contributed by atoms with van der Waals surface area (Å²) < 4.78 is 0. The number of hydrogen-bond acceptors (Lipinski definition) is 5. The van der Waals surface area contributed by atoms with Gasteiger partial charge in [-0.25, -0.2) is 4.98 Å². The molecule has 4 rings (SSSR count). The number of thiazole rings is 1. The summed E-state index contributed by atoms with van der Waals surface area (Å²) in [5, 5.41) is 7.41. The fraction of sp³-hybridized carbons (Fsp3) is 0.318. The van der Waals surface area contributed by atoms with Gasteiger partial charge >= 0.3 is 0 Å². The van der Waals surface area contributed by atoms with Crippen LogP contribution in [-0.4, -0.2) is 28.2 Å². The van der Waals surface area contributed by atoms with E-state index in [4.69, 9.17) is 0 Å². The van der Waals surface area contributed by atoms with Crippen LogP contribution in [0.3, 0.4) is 0 Å². The molecule has 0 atom stereocenters. The highest BCUT2D eigenvalue weighted by molar-refractivity contribution is 7.14. The van der Waals surface area contributed by atoms with Crippen LogP contribution in [0.2, 0.25) is 0 Å². The summed E-state index contributed by atoms with van der Waals surface area (Å²) in [5.41, 5.74) is 5.58. The number of fused-ring (bicyclic) bond motifs is 1. The second-order valence-electron chi connectivity index (χ2n) is 7.32. The van der Waals surface area contributed by atoms with Gasteiger partial charge in [-0.2, -0.15) is 0 Å². The van der Waals surface area contributed by atoms with Crippen LogP contribution < -0.4 is 5.32 Å². The van der Waals surface area contributed by atoms with Crippen molar-refractivity contribution in [2.45, 2.75) is 39.7 Å². The van der Waals surface area contributed by atoms with Crippen LogP contribution in [0.4, 0.5) is 5.13 Å². The third-order valence-electron chi connectivity index (χ3n) is 5.28. The topological polar surface area (TPSA) is 62.3 Å². The lowest BCUT2D eigenvalue weighted by atomic mass is 10.1. The predicted octanol–water partition coefficient (Wildman–Crippen LogP) is 4.79. The van der Waals surface area contributed by atoms with E-state index in [1.807, 2.05) is 16.3 Å². The molecule has 0 spiro atoms. The molecule has 1 aromatic carbocycles. The minimum absolute atomic E-state index is 0.0342. The lowest BCUT2D eigenvalue weighted by molar-refractivity contribution is -0.133. The molecule has 0 aliphatic carbocycles. The predicted molar refractivity (Wildman–Crippen MR) is 118 cm³/mol. The van der Waals surface area contributed by atoms with Gasteiger partial charge < -0.3 is 10.2 Å². The van der Waals surface area contributed by atoms with Crippen molar-refractivity contribution in [3.63, 3.8) is 0 Å². The number of carbonyl (C=O) groups is 2. The van der Waals surface area contributed by atoms with Crippen molar-refractivity contribution in [1.29, 1.82) is 0 Å². The molecule has 1 N–H and O–H groups in total. The van der Waals surface area contributed by atoms with Crippen LogP contribution in [0.15, 0.2) is 35.0 Å². The Labute approximate surface area is 178 Å². The first kappa shape index (κ1) is 19.8. The van der Waals surface area contributed by atoms with Crippen LogP contribution in [0.5, 0.6) is 0 Å². The lowest BCUT2D eigenvalue weighted by Gasteiger charge is -2.27.